The van der Waals surface area contributed by atoms with E-state index in [0.717, 1.165) is 0 Å². The predicted molar refractivity (Wildman–Crippen MR) is 121 cm³/mol. The highest BCUT2D eigenvalue weighted by Gasteiger charge is 2.31. The molecule has 0 spiro atoms. The fraction of sp³-hybridized carbons (Fsp3) is 0.318. The van der Waals surface area contributed by atoms with Crippen LogP contribution in [0.25, 0.3) is 11.4 Å². The van der Waals surface area contributed by atoms with Gasteiger partial charge in [-0.05, 0) is 37.3 Å². The number of methoxy groups -OCH3 is 2. The van der Waals surface area contributed by atoms with Gasteiger partial charge < -0.3 is 28.8 Å². The molecule has 0 saturated carbocycles. The Hall–Kier alpha value is -3.80. The standard InChI is InChI=1S/C22H23N3O8S/c1-13(22(26)23-15-5-7-17-19(11-15)32-9-8-31-17)34(27,28)12-20-24-21(25-33-20)14-4-6-16(29-2)18(10-14)30-3/h4-7,10-11,13H,8-9,12H2,1-3H3,(H,23,26). The zero-order chi connectivity index (χ0) is 24.3. The molecule has 2 aromatic carbocycles. The van der Waals surface area contributed by atoms with Crippen LogP contribution in [0.3, 0.4) is 0 Å². The average Bonchev–Trinajstić information content (AvgIpc) is 3.30. The number of amides is 1. The van der Waals surface area contributed by atoms with Gasteiger partial charge in [-0.15, -0.1) is 0 Å². The highest BCUT2D eigenvalue weighted by Crippen LogP contribution is 2.33. The van der Waals surface area contributed by atoms with Crippen molar-refractivity contribution in [2.75, 3.05) is 32.8 Å². The van der Waals surface area contributed by atoms with E-state index in [9.17, 15) is 13.2 Å². The van der Waals surface area contributed by atoms with Crippen molar-refractivity contribution in [1.82, 2.24) is 10.1 Å². The Morgan fingerprint density at radius 2 is 1.79 bits per heavy atom. The zero-order valence-corrected chi connectivity index (χ0v) is 19.5. The molecular formula is C22H23N3O8S. The van der Waals surface area contributed by atoms with Crippen LogP contribution in [-0.2, 0) is 20.4 Å². The number of sulfone groups is 1. The van der Waals surface area contributed by atoms with Crippen molar-refractivity contribution in [3.8, 4) is 34.4 Å². The lowest BCUT2D eigenvalue weighted by Crippen LogP contribution is -2.33. The summed E-state index contributed by atoms with van der Waals surface area (Å²) in [5.41, 5.74) is 0.944. The van der Waals surface area contributed by atoms with Gasteiger partial charge in [0.1, 0.15) is 24.2 Å². The predicted octanol–water partition coefficient (Wildman–Crippen LogP) is 2.47. The molecule has 0 fully saturated rings. The van der Waals surface area contributed by atoms with Gasteiger partial charge in [0.25, 0.3) is 0 Å². The number of hydrogen-bond donors (Lipinski definition) is 1. The van der Waals surface area contributed by atoms with Crippen LogP contribution in [0.4, 0.5) is 5.69 Å². The molecule has 1 aliphatic rings. The first kappa shape index (κ1) is 23.4. The molecule has 1 atom stereocenters. The highest BCUT2D eigenvalue weighted by molar-refractivity contribution is 7.92. The van der Waals surface area contributed by atoms with Gasteiger partial charge in [0.05, 0.1) is 14.2 Å². The smallest absolute Gasteiger partial charge is 0.242 e. The zero-order valence-electron chi connectivity index (χ0n) is 18.7. The Labute approximate surface area is 195 Å². The second-order valence-electron chi connectivity index (χ2n) is 7.38. The minimum Gasteiger partial charge on any atom is -0.493 e. The summed E-state index contributed by atoms with van der Waals surface area (Å²) >= 11 is 0. The van der Waals surface area contributed by atoms with Crippen LogP contribution in [-0.4, -0.2) is 57.1 Å². The summed E-state index contributed by atoms with van der Waals surface area (Å²) in [6, 6.07) is 9.85. The van der Waals surface area contributed by atoms with Crippen molar-refractivity contribution >= 4 is 21.4 Å². The van der Waals surface area contributed by atoms with E-state index in [-0.39, 0.29) is 11.7 Å². The van der Waals surface area contributed by atoms with Gasteiger partial charge in [-0.2, -0.15) is 4.98 Å². The molecule has 1 amide bonds. The minimum atomic E-state index is -3.95. The maximum absolute atomic E-state index is 12.8. The van der Waals surface area contributed by atoms with Crippen LogP contribution in [0.15, 0.2) is 40.9 Å². The van der Waals surface area contributed by atoms with E-state index < -0.39 is 26.7 Å². The van der Waals surface area contributed by atoms with E-state index >= 15 is 0 Å². The number of benzene rings is 2. The number of carbonyl (C=O) groups is 1. The largest absolute Gasteiger partial charge is 0.493 e. The van der Waals surface area contributed by atoms with Gasteiger partial charge in [-0.3, -0.25) is 4.79 Å². The van der Waals surface area contributed by atoms with Crippen molar-refractivity contribution < 1.29 is 36.7 Å². The molecule has 1 N–H and O–H groups in total. The number of ether oxygens (including phenoxy) is 4. The SMILES string of the molecule is COc1ccc(-c2noc(CS(=O)(=O)C(C)C(=O)Nc3ccc4c(c3)OCCO4)n2)cc1OC. The molecule has 4 rings (SSSR count). The molecule has 12 heteroatoms. The lowest BCUT2D eigenvalue weighted by molar-refractivity contribution is -0.115. The number of aromatic nitrogens is 2. The highest BCUT2D eigenvalue weighted by atomic mass is 32.2. The normalized spacial score (nSPS) is 13.7. The molecule has 34 heavy (non-hydrogen) atoms. The van der Waals surface area contributed by atoms with Crippen LogP contribution in [0, 0.1) is 0 Å². The van der Waals surface area contributed by atoms with E-state index in [1.54, 1.807) is 36.4 Å². The number of anilines is 1. The molecule has 1 unspecified atom stereocenters. The van der Waals surface area contributed by atoms with Crippen LogP contribution >= 0.6 is 0 Å². The first-order valence-electron chi connectivity index (χ1n) is 10.3. The summed E-state index contributed by atoms with van der Waals surface area (Å²) in [5, 5.41) is 5.07. The van der Waals surface area contributed by atoms with E-state index in [2.05, 4.69) is 15.5 Å². The van der Waals surface area contributed by atoms with E-state index in [1.165, 1.54) is 21.1 Å². The summed E-state index contributed by atoms with van der Waals surface area (Å²) in [7, 11) is -0.944. The third-order valence-electron chi connectivity index (χ3n) is 5.15. The minimum absolute atomic E-state index is 0.135. The third-order valence-corrected chi connectivity index (χ3v) is 7.09. The third kappa shape index (κ3) is 4.91. The second kappa shape index (κ2) is 9.59. The summed E-state index contributed by atoms with van der Waals surface area (Å²) in [5.74, 6) is 0.779. The van der Waals surface area contributed by atoms with Gasteiger partial charge in [0.15, 0.2) is 32.8 Å². The quantitative estimate of drug-likeness (QED) is 0.502. The van der Waals surface area contributed by atoms with Crippen molar-refractivity contribution in [2.24, 2.45) is 0 Å². The molecule has 1 aromatic heterocycles. The molecule has 0 saturated heterocycles. The molecule has 3 aromatic rings. The van der Waals surface area contributed by atoms with Gasteiger partial charge in [-0.25, -0.2) is 8.42 Å². The maximum atomic E-state index is 12.8. The molecular weight excluding hydrogens is 466 g/mol. The van der Waals surface area contributed by atoms with Crippen LogP contribution in [0.1, 0.15) is 12.8 Å². The van der Waals surface area contributed by atoms with Crippen molar-refractivity contribution in [3.05, 3.63) is 42.3 Å². The molecule has 1 aliphatic heterocycles. The first-order valence-corrected chi connectivity index (χ1v) is 12.0. The van der Waals surface area contributed by atoms with E-state index in [1.807, 2.05) is 0 Å². The van der Waals surface area contributed by atoms with Crippen LogP contribution in [0.2, 0.25) is 0 Å². The Morgan fingerprint density at radius 3 is 2.53 bits per heavy atom. The van der Waals surface area contributed by atoms with Crippen molar-refractivity contribution in [1.29, 1.82) is 0 Å². The Kier molecular flexibility index (Phi) is 6.59. The molecule has 180 valence electrons. The van der Waals surface area contributed by atoms with Crippen molar-refractivity contribution in [3.63, 3.8) is 0 Å². The Morgan fingerprint density at radius 1 is 1.06 bits per heavy atom. The fourth-order valence-electron chi connectivity index (χ4n) is 3.23. The lowest BCUT2D eigenvalue weighted by atomic mass is 10.2. The molecule has 0 aliphatic carbocycles. The average molecular weight is 490 g/mol. The van der Waals surface area contributed by atoms with E-state index in [0.29, 0.717) is 47.5 Å². The van der Waals surface area contributed by atoms with Gasteiger partial charge in [-0.1, -0.05) is 5.16 Å². The lowest BCUT2D eigenvalue weighted by Gasteiger charge is -2.19. The Bertz CT molecular complexity index is 1310. The van der Waals surface area contributed by atoms with Crippen molar-refractivity contribution in [2.45, 2.75) is 17.9 Å². The van der Waals surface area contributed by atoms with Gasteiger partial charge in [0.2, 0.25) is 17.6 Å². The molecule has 11 nitrogen and oxygen atoms in total. The summed E-state index contributed by atoms with van der Waals surface area (Å²) in [6.07, 6.45) is 0. The first-order chi connectivity index (χ1) is 16.3. The summed E-state index contributed by atoms with van der Waals surface area (Å²) < 4.78 is 52.1. The van der Waals surface area contributed by atoms with Crippen LogP contribution in [0.5, 0.6) is 23.0 Å². The van der Waals surface area contributed by atoms with Crippen LogP contribution < -0.4 is 24.3 Å². The maximum Gasteiger partial charge on any atom is 0.242 e. The molecule has 0 bridgehead atoms. The Balaban J connectivity index is 1.44. The van der Waals surface area contributed by atoms with E-state index in [4.69, 9.17) is 23.5 Å². The van der Waals surface area contributed by atoms with Gasteiger partial charge >= 0.3 is 0 Å². The number of hydrogen-bond acceptors (Lipinski definition) is 10. The second-order valence-corrected chi connectivity index (χ2v) is 9.70. The summed E-state index contributed by atoms with van der Waals surface area (Å²) in [4.78, 5) is 16.8. The number of nitrogens with zero attached hydrogens (tertiary/aromatic N) is 2. The van der Waals surface area contributed by atoms with Gasteiger partial charge in [0, 0.05) is 17.3 Å². The number of fused-ring (bicyclic) bond motifs is 1. The number of rotatable bonds is 8. The topological polar surface area (TPSA) is 139 Å². The monoisotopic (exact) mass is 489 g/mol. The fourth-order valence-corrected chi connectivity index (χ4v) is 4.33. The summed E-state index contributed by atoms with van der Waals surface area (Å²) in [6.45, 7) is 2.14. The molecule has 2 heterocycles. The number of carbonyl (C=O) groups excluding carboxylic acids is 1. The molecule has 0 radical (unpaired) electrons. The number of nitrogens with one attached hydrogen (secondary N) is 1.